The fourth-order valence-corrected chi connectivity index (χ4v) is 3.89. The zero-order valence-electron chi connectivity index (χ0n) is 11.5. The van der Waals surface area contributed by atoms with Crippen LogP contribution in [0.15, 0.2) is 23.1 Å². The second-order valence-electron chi connectivity index (χ2n) is 5.13. The third-order valence-electron chi connectivity index (χ3n) is 3.52. The third kappa shape index (κ3) is 2.41. The molecule has 0 aromatic heterocycles. The molecule has 0 amide bonds. The van der Waals surface area contributed by atoms with Crippen LogP contribution in [0.25, 0.3) is 0 Å². The lowest BCUT2D eigenvalue weighted by Crippen LogP contribution is -2.62. The Morgan fingerprint density at radius 2 is 2.00 bits per heavy atom. The molecule has 20 heavy (non-hydrogen) atoms. The van der Waals surface area contributed by atoms with E-state index in [1.807, 2.05) is 6.92 Å². The second kappa shape index (κ2) is 4.80. The van der Waals surface area contributed by atoms with E-state index in [1.165, 1.54) is 29.4 Å². The molecule has 7 nitrogen and oxygen atoms in total. The summed E-state index contributed by atoms with van der Waals surface area (Å²) < 4.78 is 31.2. The van der Waals surface area contributed by atoms with Crippen molar-refractivity contribution >= 4 is 15.7 Å². The predicted molar refractivity (Wildman–Crippen MR) is 72.0 cm³/mol. The van der Waals surface area contributed by atoms with Crippen LogP contribution in [0.1, 0.15) is 12.5 Å². The predicted octanol–water partition coefficient (Wildman–Crippen LogP) is 1.31. The molecule has 1 saturated heterocycles. The van der Waals surface area contributed by atoms with Crippen LogP contribution in [0.5, 0.6) is 0 Å². The first-order valence-electron chi connectivity index (χ1n) is 6.00. The molecule has 0 saturated carbocycles. The fraction of sp³-hybridized carbons (Fsp3) is 0.500. The van der Waals surface area contributed by atoms with Crippen LogP contribution in [-0.4, -0.2) is 43.4 Å². The molecule has 1 aliphatic heterocycles. The molecule has 1 aromatic rings. The van der Waals surface area contributed by atoms with Gasteiger partial charge in [0.25, 0.3) is 5.69 Å². The first-order valence-corrected chi connectivity index (χ1v) is 7.44. The van der Waals surface area contributed by atoms with E-state index in [-0.39, 0.29) is 23.7 Å². The van der Waals surface area contributed by atoms with Crippen LogP contribution < -0.4 is 0 Å². The Morgan fingerprint density at radius 3 is 2.45 bits per heavy atom. The summed E-state index contributed by atoms with van der Waals surface area (Å²) in [6.45, 7) is 3.91. The molecule has 1 aromatic carbocycles. The molecule has 1 aliphatic rings. The van der Waals surface area contributed by atoms with Crippen LogP contribution in [0.4, 0.5) is 5.69 Å². The Hall–Kier alpha value is -1.51. The van der Waals surface area contributed by atoms with Crippen molar-refractivity contribution < 1.29 is 18.1 Å². The summed E-state index contributed by atoms with van der Waals surface area (Å²) in [5.41, 5.74) is -0.219. The number of hydrogen-bond acceptors (Lipinski definition) is 5. The lowest BCUT2D eigenvalue weighted by atomic mass is 10.0. The molecule has 0 spiro atoms. The number of benzene rings is 1. The van der Waals surface area contributed by atoms with Crippen LogP contribution >= 0.6 is 0 Å². The highest BCUT2D eigenvalue weighted by atomic mass is 32.2. The summed E-state index contributed by atoms with van der Waals surface area (Å²) in [6.07, 6.45) is 0. The van der Waals surface area contributed by atoms with Gasteiger partial charge in [0.05, 0.1) is 15.4 Å². The maximum Gasteiger partial charge on any atom is 0.272 e. The lowest BCUT2D eigenvalue weighted by Gasteiger charge is -2.45. The van der Waals surface area contributed by atoms with Crippen LogP contribution in [0.3, 0.4) is 0 Å². The molecule has 110 valence electrons. The normalized spacial score (nSPS) is 18.6. The SMILES string of the molecule is COC1(C)CN(S(=O)(=O)c2ccc([N+](=O)[O-])c(C)c2)C1. The largest absolute Gasteiger partial charge is 0.376 e. The second-order valence-corrected chi connectivity index (χ2v) is 7.07. The molecular weight excluding hydrogens is 284 g/mol. The van der Waals surface area contributed by atoms with Gasteiger partial charge in [0, 0.05) is 31.8 Å². The molecule has 0 N–H and O–H groups in total. The van der Waals surface area contributed by atoms with Gasteiger partial charge < -0.3 is 4.74 Å². The highest BCUT2D eigenvalue weighted by Gasteiger charge is 2.45. The third-order valence-corrected chi connectivity index (χ3v) is 5.30. The minimum Gasteiger partial charge on any atom is -0.376 e. The van der Waals surface area contributed by atoms with E-state index in [9.17, 15) is 18.5 Å². The van der Waals surface area contributed by atoms with Gasteiger partial charge in [-0.3, -0.25) is 10.1 Å². The summed E-state index contributed by atoms with van der Waals surface area (Å²) >= 11 is 0. The number of nitro groups is 1. The molecule has 8 heteroatoms. The summed E-state index contributed by atoms with van der Waals surface area (Å²) in [6, 6.07) is 3.82. The van der Waals surface area contributed by atoms with Gasteiger partial charge in [0.2, 0.25) is 10.0 Å². The van der Waals surface area contributed by atoms with E-state index in [0.717, 1.165) is 0 Å². The molecule has 0 aliphatic carbocycles. The maximum atomic E-state index is 12.4. The molecule has 0 unspecified atom stereocenters. The molecule has 0 atom stereocenters. The standard InChI is InChI=1S/C12H16N2O5S/c1-9-6-10(4-5-11(9)14(15)16)20(17,18)13-7-12(2,8-13)19-3/h4-6H,7-8H2,1-3H3. The maximum absolute atomic E-state index is 12.4. The summed E-state index contributed by atoms with van der Waals surface area (Å²) in [5.74, 6) is 0. The van der Waals surface area contributed by atoms with Crippen molar-refractivity contribution in [3.63, 3.8) is 0 Å². The van der Waals surface area contributed by atoms with Gasteiger partial charge >= 0.3 is 0 Å². The smallest absolute Gasteiger partial charge is 0.272 e. The minimum absolute atomic E-state index is 0.0683. The monoisotopic (exact) mass is 300 g/mol. The average Bonchev–Trinajstić information content (AvgIpc) is 2.34. The number of aryl methyl sites for hydroxylation is 1. The number of hydrogen-bond donors (Lipinski definition) is 0. The van der Waals surface area contributed by atoms with Gasteiger partial charge in [-0.05, 0) is 26.0 Å². The van der Waals surface area contributed by atoms with E-state index >= 15 is 0 Å². The van der Waals surface area contributed by atoms with Crippen molar-refractivity contribution in [1.29, 1.82) is 0 Å². The minimum atomic E-state index is -3.62. The Balaban J connectivity index is 2.28. The Morgan fingerprint density at radius 1 is 1.40 bits per heavy atom. The van der Waals surface area contributed by atoms with Gasteiger partial charge in [-0.2, -0.15) is 4.31 Å². The van der Waals surface area contributed by atoms with Crippen LogP contribution in [0, 0.1) is 17.0 Å². The quantitative estimate of drug-likeness (QED) is 0.618. The lowest BCUT2D eigenvalue weighted by molar-refractivity contribution is -0.385. The number of nitrogens with zero attached hydrogens (tertiary/aromatic N) is 2. The number of sulfonamides is 1. The fourth-order valence-electron chi connectivity index (χ4n) is 2.14. The van der Waals surface area contributed by atoms with Crippen molar-refractivity contribution in [2.24, 2.45) is 0 Å². The van der Waals surface area contributed by atoms with Crippen molar-refractivity contribution in [2.45, 2.75) is 24.3 Å². The summed E-state index contributed by atoms with van der Waals surface area (Å²) in [5, 5.41) is 10.7. The molecule has 1 heterocycles. The van der Waals surface area contributed by atoms with Crippen LogP contribution in [-0.2, 0) is 14.8 Å². The van der Waals surface area contributed by atoms with E-state index in [0.29, 0.717) is 5.56 Å². The van der Waals surface area contributed by atoms with Gasteiger partial charge in [-0.1, -0.05) is 0 Å². The Kier molecular flexibility index (Phi) is 3.57. The molecule has 0 radical (unpaired) electrons. The highest BCUT2D eigenvalue weighted by molar-refractivity contribution is 7.89. The number of rotatable bonds is 4. The van der Waals surface area contributed by atoms with E-state index < -0.39 is 20.5 Å². The topological polar surface area (TPSA) is 89.8 Å². The van der Waals surface area contributed by atoms with Crippen molar-refractivity contribution in [1.82, 2.24) is 4.31 Å². The van der Waals surface area contributed by atoms with Crippen LogP contribution in [0.2, 0.25) is 0 Å². The molecule has 1 fully saturated rings. The van der Waals surface area contributed by atoms with Crippen molar-refractivity contribution in [3.05, 3.63) is 33.9 Å². The first-order chi connectivity index (χ1) is 9.19. The van der Waals surface area contributed by atoms with Crippen molar-refractivity contribution in [2.75, 3.05) is 20.2 Å². The number of methoxy groups -OCH3 is 1. The van der Waals surface area contributed by atoms with E-state index in [4.69, 9.17) is 4.74 Å². The Bertz CT molecular complexity index is 650. The highest BCUT2D eigenvalue weighted by Crippen LogP contribution is 2.31. The number of ether oxygens (including phenoxy) is 1. The van der Waals surface area contributed by atoms with E-state index in [2.05, 4.69) is 0 Å². The van der Waals surface area contributed by atoms with Crippen molar-refractivity contribution in [3.8, 4) is 0 Å². The van der Waals surface area contributed by atoms with Gasteiger partial charge in [0.1, 0.15) is 0 Å². The average molecular weight is 300 g/mol. The molecule has 0 bridgehead atoms. The summed E-state index contributed by atoms with van der Waals surface area (Å²) in [4.78, 5) is 10.3. The first kappa shape index (κ1) is 14.9. The van der Waals surface area contributed by atoms with Gasteiger partial charge in [-0.25, -0.2) is 8.42 Å². The number of nitro benzene ring substituents is 1. The van der Waals surface area contributed by atoms with Gasteiger partial charge in [0.15, 0.2) is 0 Å². The zero-order valence-corrected chi connectivity index (χ0v) is 12.3. The van der Waals surface area contributed by atoms with E-state index in [1.54, 1.807) is 7.11 Å². The van der Waals surface area contributed by atoms with Gasteiger partial charge in [-0.15, -0.1) is 0 Å². The molecular formula is C12H16N2O5S. The zero-order chi connectivity index (χ0) is 15.1. The molecule has 2 rings (SSSR count). The Labute approximate surface area is 117 Å². The summed E-state index contributed by atoms with van der Waals surface area (Å²) in [7, 11) is -2.08.